The smallest absolute Gasteiger partial charge is 0.307 e. The van der Waals surface area contributed by atoms with Gasteiger partial charge in [-0.2, -0.15) is 0 Å². The van der Waals surface area contributed by atoms with E-state index in [0.717, 1.165) is 35.5 Å². The van der Waals surface area contributed by atoms with Crippen molar-refractivity contribution in [2.24, 2.45) is 4.99 Å². The fraction of sp³-hybridized carbons (Fsp3) is 0.192. The number of anilines is 1. The first-order valence-corrected chi connectivity index (χ1v) is 11.1. The first kappa shape index (κ1) is 22.7. The van der Waals surface area contributed by atoms with Gasteiger partial charge in [-0.25, -0.2) is 0 Å². The van der Waals surface area contributed by atoms with Crippen molar-refractivity contribution in [2.75, 3.05) is 11.9 Å². The molecule has 1 aliphatic rings. The molecule has 1 amide bonds. The normalized spacial score (nSPS) is 15.3. The summed E-state index contributed by atoms with van der Waals surface area (Å²) in [5.41, 5.74) is 5.39. The topological polar surface area (TPSA) is 90.8 Å². The fourth-order valence-corrected chi connectivity index (χ4v) is 4.04. The van der Waals surface area contributed by atoms with Crippen LogP contribution in [0.25, 0.3) is 0 Å². The lowest BCUT2D eigenvalue weighted by Gasteiger charge is -2.15. The van der Waals surface area contributed by atoms with E-state index >= 15 is 0 Å². The van der Waals surface area contributed by atoms with E-state index in [1.54, 1.807) is 24.3 Å². The number of hydrogen-bond acceptors (Lipinski definition) is 4. The van der Waals surface area contributed by atoms with Crippen LogP contribution in [0.2, 0.25) is 5.02 Å². The highest BCUT2D eigenvalue weighted by Crippen LogP contribution is 2.37. The minimum absolute atomic E-state index is 0.0642. The molecule has 0 radical (unpaired) electrons. The monoisotopic (exact) mass is 461 g/mol. The standard InChI is InChI=1S/C26H24ClN3O3/c1-2-28-15-17-5-10-20(11-6-17)29-25(18-7-3-16(4-8-18)13-23(31)32)24-21-12-9-19(27)14-22(21)30-26(24)33/h3-12,14,24,28H,2,13,15H2,1H3,(H,30,33)(H,31,32). The molecular formula is C26H24ClN3O3. The molecule has 0 saturated carbocycles. The summed E-state index contributed by atoms with van der Waals surface area (Å²) in [6.45, 7) is 3.73. The number of aliphatic carboxylic acids is 1. The van der Waals surface area contributed by atoms with Gasteiger partial charge in [-0.1, -0.05) is 61.0 Å². The number of amides is 1. The third-order valence-electron chi connectivity index (χ3n) is 5.49. The Morgan fingerprint density at radius 2 is 1.76 bits per heavy atom. The molecule has 4 rings (SSSR count). The summed E-state index contributed by atoms with van der Waals surface area (Å²) in [5, 5.41) is 15.8. The van der Waals surface area contributed by atoms with Gasteiger partial charge in [-0.3, -0.25) is 14.6 Å². The summed E-state index contributed by atoms with van der Waals surface area (Å²) < 4.78 is 0. The molecule has 3 aromatic carbocycles. The van der Waals surface area contributed by atoms with Crippen LogP contribution in [0.1, 0.15) is 35.1 Å². The Labute approximate surface area is 197 Å². The van der Waals surface area contributed by atoms with Gasteiger partial charge in [0.05, 0.1) is 17.8 Å². The average molecular weight is 462 g/mol. The van der Waals surface area contributed by atoms with E-state index in [9.17, 15) is 9.59 Å². The van der Waals surface area contributed by atoms with E-state index in [0.29, 0.717) is 22.0 Å². The van der Waals surface area contributed by atoms with E-state index in [2.05, 4.69) is 17.6 Å². The van der Waals surface area contributed by atoms with Crippen molar-refractivity contribution in [3.05, 3.63) is 94.0 Å². The van der Waals surface area contributed by atoms with Gasteiger partial charge in [0.15, 0.2) is 0 Å². The van der Waals surface area contributed by atoms with Crippen LogP contribution >= 0.6 is 11.6 Å². The molecule has 0 fully saturated rings. The molecule has 1 heterocycles. The van der Waals surface area contributed by atoms with Crippen LogP contribution in [0, 0.1) is 0 Å². The minimum atomic E-state index is -0.893. The molecule has 6 nitrogen and oxygen atoms in total. The van der Waals surface area contributed by atoms with Gasteiger partial charge >= 0.3 is 5.97 Å². The second-order valence-electron chi connectivity index (χ2n) is 7.87. The quantitative estimate of drug-likeness (QED) is 0.415. The van der Waals surface area contributed by atoms with Gasteiger partial charge < -0.3 is 15.7 Å². The molecule has 0 aliphatic carbocycles. The number of nitrogens with zero attached hydrogens (tertiary/aromatic N) is 1. The van der Waals surface area contributed by atoms with Crippen LogP contribution < -0.4 is 10.6 Å². The molecular weight excluding hydrogens is 438 g/mol. The van der Waals surface area contributed by atoms with Crippen molar-refractivity contribution in [3.63, 3.8) is 0 Å². The van der Waals surface area contributed by atoms with Gasteiger partial charge in [0.25, 0.3) is 0 Å². The zero-order valence-corrected chi connectivity index (χ0v) is 18.9. The van der Waals surface area contributed by atoms with Crippen LogP contribution in [0.4, 0.5) is 11.4 Å². The number of nitrogens with one attached hydrogen (secondary N) is 2. The zero-order valence-electron chi connectivity index (χ0n) is 18.1. The highest BCUT2D eigenvalue weighted by molar-refractivity contribution is 6.31. The molecule has 0 saturated heterocycles. The number of aliphatic imine (C=N–C) groups is 1. The zero-order chi connectivity index (χ0) is 23.4. The van der Waals surface area contributed by atoms with Crippen molar-refractivity contribution in [2.45, 2.75) is 25.8 Å². The van der Waals surface area contributed by atoms with Crippen molar-refractivity contribution >= 4 is 40.6 Å². The molecule has 1 aliphatic heterocycles. The summed E-state index contributed by atoms with van der Waals surface area (Å²) in [4.78, 5) is 28.9. The summed E-state index contributed by atoms with van der Waals surface area (Å²) in [6, 6.07) is 20.4. The number of benzene rings is 3. The summed E-state index contributed by atoms with van der Waals surface area (Å²) in [5.74, 6) is -1.68. The van der Waals surface area contributed by atoms with Crippen LogP contribution in [0.15, 0.2) is 71.7 Å². The molecule has 1 unspecified atom stereocenters. The van der Waals surface area contributed by atoms with Crippen LogP contribution in [0.3, 0.4) is 0 Å². The number of carbonyl (C=O) groups excluding carboxylic acids is 1. The van der Waals surface area contributed by atoms with Crippen LogP contribution in [0.5, 0.6) is 0 Å². The largest absolute Gasteiger partial charge is 0.481 e. The first-order valence-electron chi connectivity index (χ1n) is 10.7. The van der Waals surface area contributed by atoms with Crippen molar-refractivity contribution in [1.29, 1.82) is 0 Å². The summed E-state index contributed by atoms with van der Waals surface area (Å²) in [6.07, 6.45) is -0.0642. The van der Waals surface area contributed by atoms with E-state index in [4.69, 9.17) is 21.7 Å². The number of rotatable bonds is 8. The molecule has 0 bridgehead atoms. The predicted molar refractivity (Wildman–Crippen MR) is 131 cm³/mol. The molecule has 0 aromatic heterocycles. The Balaban J connectivity index is 1.75. The second kappa shape index (κ2) is 9.98. The van der Waals surface area contributed by atoms with Gasteiger partial charge in [-0.15, -0.1) is 0 Å². The lowest BCUT2D eigenvalue weighted by atomic mass is 9.90. The fourth-order valence-electron chi connectivity index (χ4n) is 3.87. The Morgan fingerprint density at radius 3 is 2.42 bits per heavy atom. The van der Waals surface area contributed by atoms with Gasteiger partial charge in [0.2, 0.25) is 5.91 Å². The third-order valence-corrected chi connectivity index (χ3v) is 5.73. The molecule has 1 atom stereocenters. The van der Waals surface area contributed by atoms with Crippen molar-refractivity contribution in [3.8, 4) is 0 Å². The van der Waals surface area contributed by atoms with Crippen molar-refractivity contribution < 1.29 is 14.7 Å². The number of fused-ring (bicyclic) bond motifs is 1. The maximum absolute atomic E-state index is 13.0. The molecule has 0 spiro atoms. The SMILES string of the molecule is CCNCc1ccc(N=C(c2ccc(CC(=O)O)cc2)C2C(=O)Nc3cc(Cl)ccc32)cc1. The highest BCUT2D eigenvalue weighted by Gasteiger charge is 2.35. The number of halogens is 1. The number of hydrogen-bond donors (Lipinski definition) is 3. The Morgan fingerprint density at radius 1 is 1.06 bits per heavy atom. The second-order valence-corrected chi connectivity index (χ2v) is 8.30. The Hall–Kier alpha value is -3.48. The van der Waals surface area contributed by atoms with Gasteiger partial charge in [-0.05, 0) is 53.1 Å². The lowest BCUT2D eigenvalue weighted by molar-refractivity contribution is -0.136. The number of carbonyl (C=O) groups is 2. The summed E-state index contributed by atoms with van der Waals surface area (Å²) >= 11 is 6.12. The number of carboxylic acids is 1. The van der Waals surface area contributed by atoms with E-state index in [1.165, 1.54) is 0 Å². The third kappa shape index (κ3) is 5.30. The summed E-state index contributed by atoms with van der Waals surface area (Å²) in [7, 11) is 0. The van der Waals surface area contributed by atoms with E-state index in [1.807, 2.05) is 42.5 Å². The molecule has 33 heavy (non-hydrogen) atoms. The van der Waals surface area contributed by atoms with Crippen LogP contribution in [-0.4, -0.2) is 29.2 Å². The van der Waals surface area contributed by atoms with Gasteiger partial charge in [0, 0.05) is 17.3 Å². The van der Waals surface area contributed by atoms with E-state index in [-0.39, 0.29) is 12.3 Å². The van der Waals surface area contributed by atoms with Gasteiger partial charge in [0.1, 0.15) is 5.92 Å². The molecule has 7 heteroatoms. The predicted octanol–water partition coefficient (Wildman–Crippen LogP) is 4.93. The van der Waals surface area contributed by atoms with E-state index < -0.39 is 11.9 Å². The van der Waals surface area contributed by atoms with Crippen LogP contribution in [-0.2, 0) is 22.6 Å². The highest BCUT2D eigenvalue weighted by atomic mass is 35.5. The minimum Gasteiger partial charge on any atom is -0.481 e. The average Bonchev–Trinajstić information content (AvgIpc) is 3.11. The number of carboxylic acid groups (broad SMARTS) is 1. The molecule has 168 valence electrons. The maximum Gasteiger partial charge on any atom is 0.307 e. The Kier molecular flexibility index (Phi) is 6.87. The van der Waals surface area contributed by atoms with Crippen molar-refractivity contribution in [1.82, 2.24) is 5.32 Å². The molecule has 3 aromatic rings. The first-order chi connectivity index (χ1) is 15.9. The maximum atomic E-state index is 13.0. The Bertz CT molecular complexity index is 1200. The molecule has 3 N–H and O–H groups in total. The lowest BCUT2D eigenvalue weighted by Crippen LogP contribution is -2.22.